The van der Waals surface area contributed by atoms with Crippen molar-refractivity contribution in [1.82, 2.24) is 5.48 Å². The zero-order valence-corrected chi connectivity index (χ0v) is 8.24. The molecule has 2 rings (SSSR count). The van der Waals surface area contributed by atoms with Crippen molar-refractivity contribution in [3.8, 4) is 11.5 Å². The van der Waals surface area contributed by atoms with Gasteiger partial charge in [0.1, 0.15) is 6.61 Å². The second-order valence-electron chi connectivity index (χ2n) is 3.06. The number of para-hydroxylation sites is 1. The van der Waals surface area contributed by atoms with Gasteiger partial charge in [0.25, 0.3) is 0 Å². The van der Waals surface area contributed by atoms with Crippen LogP contribution in [0.3, 0.4) is 0 Å². The second-order valence-corrected chi connectivity index (χ2v) is 3.06. The van der Waals surface area contributed by atoms with Crippen LogP contribution in [-0.4, -0.2) is 20.8 Å². The summed E-state index contributed by atoms with van der Waals surface area (Å²) in [5.41, 5.74) is 3.95. The smallest absolute Gasteiger partial charge is 0.166 e. The van der Waals surface area contributed by atoms with Crippen molar-refractivity contribution in [1.29, 1.82) is 0 Å². The molecule has 0 aliphatic carbocycles. The fourth-order valence-corrected chi connectivity index (χ4v) is 1.62. The summed E-state index contributed by atoms with van der Waals surface area (Å²) in [6, 6.07) is 5.91. The number of hydroxylamine groups is 1. The molecule has 1 aliphatic heterocycles. The predicted octanol–water partition coefficient (Wildman–Crippen LogP) is 1.28. The molecule has 14 heavy (non-hydrogen) atoms. The summed E-state index contributed by atoms with van der Waals surface area (Å²) in [5, 5.41) is 0. The molecule has 0 amide bonds. The van der Waals surface area contributed by atoms with Gasteiger partial charge >= 0.3 is 0 Å². The molecule has 1 unspecified atom stereocenters. The molecule has 0 fully saturated rings. The first-order valence-electron chi connectivity index (χ1n) is 4.45. The van der Waals surface area contributed by atoms with Crippen LogP contribution in [0, 0.1) is 0 Å². The molecule has 0 spiro atoms. The first-order valence-corrected chi connectivity index (χ1v) is 4.45. The fraction of sp³-hybridized carbons (Fsp3) is 0.400. The SMILES string of the molecule is CONC1COc2c(OC)cccc21. The van der Waals surface area contributed by atoms with E-state index in [9.17, 15) is 0 Å². The fourth-order valence-electron chi connectivity index (χ4n) is 1.62. The molecule has 4 heteroatoms. The Balaban J connectivity index is 2.31. The maximum absolute atomic E-state index is 5.52. The van der Waals surface area contributed by atoms with E-state index < -0.39 is 0 Å². The minimum absolute atomic E-state index is 0.0881. The molecule has 0 aromatic heterocycles. The molecule has 76 valence electrons. The Kier molecular flexibility index (Phi) is 2.56. The van der Waals surface area contributed by atoms with E-state index in [4.69, 9.17) is 14.3 Å². The number of nitrogens with one attached hydrogen (secondary N) is 1. The van der Waals surface area contributed by atoms with Gasteiger partial charge in [0.05, 0.1) is 20.3 Å². The molecule has 0 saturated heterocycles. The Labute approximate surface area is 82.7 Å². The molecular formula is C10H13NO3. The van der Waals surface area contributed by atoms with Gasteiger partial charge in [-0.2, -0.15) is 5.48 Å². The predicted molar refractivity (Wildman–Crippen MR) is 51.4 cm³/mol. The lowest BCUT2D eigenvalue weighted by Crippen LogP contribution is -2.20. The minimum Gasteiger partial charge on any atom is -0.493 e. The number of methoxy groups -OCH3 is 1. The lowest BCUT2D eigenvalue weighted by Gasteiger charge is -2.08. The normalized spacial score (nSPS) is 18.9. The van der Waals surface area contributed by atoms with Gasteiger partial charge in [-0.1, -0.05) is 12.1 Å². The summed E-state index contributed by atoms with van der Waals surface area (Å²) < 4.78 is 10.7. The molecule has 1 atom stereocenters. The van der Waals surface area contributed by atoms with Crippen molar-refractivity contribution in [2.75, 3.05) is 20.8 Å². The summed E-state index contributed by atoms with van der Waals surface area (Å²) >= 11 is 0. The Hall–Kier alpha value is -1.26. The molecule has 0 saturated carbocycles. The highest BCUT2D eigenvalue weighted by molar-refractivity contribution is 5.50. The van der Waals surface area contributed by atoms with E-state index in [1.54, 1.807) is 14.2 Å². The van der Waals surface area contributed by atoms with Crippen LogP contribution in [0.1, 0.15) is 11.6 Å². The third kappa shape index (κ3) is 1.42. The van der Waals surface area contributed by atoms with Gasteiger partial charge in [0.15, 0.2) is 11.5 Å². The van der Waals surface area contributed by atoms with Crippen LogP contribution in [0.2, 0.25) is 0 Å². The molecule has 1 aliphatic rings. The van der Waals surface area contributed by atoms with Crippen molar-refractivity contribution in [3.63, 3.8) is 0 Å². The van der Waals surface area contributed by atoms with Crippen molar-refractivity contribution < 1.29 is 14.3 Å². The van der Waals surface area contributed by atoms with E-state index in [-0.39, 0.29) is 6.04 Å². The second kappa shape index (κ2) is 3.86. The Bertz CT molecular complexity index is 327. The van der Waals surface area contributed by atoms with Gasteiger partial charge in [-0.3, -0.25) is 0 Å². The largest absolute Gasteiger partial charge is 0.493 e. The topological polar surface area (TPSA) is 39.7 Å². The van der Waals surface area contributed by atoms with Crippen molar-refractivity contribution >= 4 is 0 Å². The quantitative estimate of drug-likeness (QED) is 0.737. The summed E-state index contributed by atoms with van der Waals surface area (Å²) in [7, 11) is 3.23. The van der Waals surface area contributed by atoms with Gasteiger partial charge in [-0.25, -0.2) is 0 Å². The summed E-state index contributed by atoms with van der Waals surface area (Å²) in [5.74, 6) is 1.58. The Morgan fingerprint density at radius 1 is 1.43 bits per heavy atom. The number of ether oxygens (including phenoxy) is 2. The molecule has 1 aromatic carbocycles. The lowest BCUT2D eigenvalue weighted by atomic mass is 10.1. The Morgan fingerprint density at radius 3 is 3.00 bits per heavy atom. The molecule has 1 heterocycles. The number of hydrogen-bond donors (Lipinski definition) is 1. The zero-order valence-electron chi connectivity index (χ0n) is 8.24. The molecule has 0 radical (unpaired) electrons. The highest BCUT2D eigenvalue weighted by Crippen LogP contribution is 2.39. The molecular weight excluding hydrogens is 182 g/mol. The van der Waals surface area contributed by atoms with E-state index in [0.717, 1.165) is 17.1 Å². The van der Waals surface area contributed by atoms with Crippen molar-refractivity contribution in [2.45, 2.75) is 6.04 Å². The summed E-state index contributed by atoms with van der Waals surface area (Å²) in [6.45, 7) is 0.573. The highest BCUT2D eigenvalue weighted by Gasteiger charge is 2.26. The van der Waals surface area contributed by atoms with Crippen LogP contribution >= 0.6 is 0 Å². The van der Waals surface area contributed by atoms with E-state index >= 15 is 0 Å². The van der Waals surface area contributed by atoms with Gasteiger partial charge in [-0.15, -0.1) is 0 Å². The standard InChI is InChI=1S/C10H13NO3/c1-12-9-5-3-4-7-8(11-13-2)6-14-10(7)9/h3-5,8,11H,6H2,1-2H3. The van der Waals surface area contributed by atoms with E-state index in [0.29, 0.717) is 6.61 Å². The van der Waals surface area contributed by atoms with Gasteiger partial charge in [0.2, 0.25) is 0 Å². The monoisotopic (exact) mass is 195 g/mol. The van der Waals surface area contributed by atoms with Gasteiger partial charge in [0, 0.05) is 5.56 Å². The van der Waals surface area contributed by atoms with E-state index in [2.05, 4.69) is 5.48 Å². The van der Waals surface area contributed by atoms with Crippen molar-refractivity contribution in [2.24, 2.45) is 0 Å². The van der Waals surface area contributed by atoms with Crippen LogP contribution in [-0.2, 0) is 4.84 Å². The van der Waals surface area contributed by atoms with Gasteiger partial charge < -0.3 is 14.3 Å². The maximum Gasteiger partial charge on any atom is 0.166 e. The van der Waals surface area contributed by atoms with E-state index in [1.807, 2.05) is 18.2 Å². The first-order chi connectivity index (χ1) is 6.86. The maximum atomic E-state index is 5.52. The van der Waals surface area contributed by atoms with Crippen molar-refractivity contribution in [3.05, 3.63) is 23.8 Å². The first kappa shape index (κ1) is 9.30. The van der Waals surface area contributed by atoms with Crippen LogP contribution in [0.5, 0.6) is 11.5 Å². The van der Waals surface area contributed by atoms with E-state index in [1.165, 1.54) is 0 Å². The number of hydrogen-bond acceptors (Lipinski definition) is 4. The number of benzene rings is 1. The highest BCUT2D eigenvalue weighted by atomic mass is 16.6. The molecule has 0 bridgehead atoms. The number of fused-ring (bicyclic) bond motifs is 1. The summed E-state index contributed by atoms with van der Waals surface area (Å²) in [4.78, 5) is 4.89. The summed E-state index contributed by atoms with van der Waals surface area (Å²) in [6.07, 6.45) is 0. The average molecular weight is 195 g/mol. The average Bonchev–Trinajstić information content (AvgIpc) is 2.62. The Morgan fingerprint density at radius 2 is 2.29 bits per heavy atom. The third-order valence-electron chi connectivity index (χ3n) is 2.26. The van der Waals surface area contributed by atoms with Crippen LogP contribution in [0.25, 0.3) is 0 Å². The minimum atomic E-state index is 0.0881. The van der Waals surface area contributed by atoms with Crippen LogP contribution in [0.15, 0.2) is 18.2 Å². The number of rotatable bonds is 3. The molecule has 1 N–H and O–H groups in total. The van der Waals surface area contributed by atoms with Crippen LogP contribution < -0.4 is 15.0 Å². The third-order valence-corrected chi connectivity index (χ3v) is 2.26. The van der Waals surface area contributed by atoms with Crippen LogP contribution in [0.4, 0.5) is 0 Å². The zero-order chi connectivity index (χ0) is 9.97. The molecule has 1 aromatic rings. The van der Waals surface area contributed by atoms with Gasteiger partial charge in [-0.05, 0) is 6.07 Å². The molecule has 4 nitrogen and oxygen atoms in total. The lowest BCUT2D eigenvalue weighted by molar-refractivity contribution is 0.0535.